The van der Waals surface area contributed by atoms with Crippen molar-refractivity contribution < 1.29 is 14.7 Å². The van der Waals surface area contributed by atoms with Crippen LogP contribution in [0.25, 0.3) is 0 Å². The van der Waals surface area contributed by atoms with Crippen molar-refractivity contribution in [2.75, 3.05) is 11.1 Å². The van der Waals surface area contributed by atoms with Crippen molar-refractivity contribution in [2.45, 2.75) is 6.92 Å². The highest BCUT2D eigenvalue weighted by atomic mass is 32.1. The average Bonchev–Trinajstić information content (AvgIpc) is 2.80. The lowest BCUT2D eigenvalue weighted by Gasteiger charge is -2.05. The van der Waals surface area contributed by atoms with E-state index in [1.165, 1.54) is 25.1 Å². The third kappa shape index (κ3) is 2.89. The van der Waals surface area contributed by atoms with Crippen LogP contribution in [-0.4, -0.2) is 21.8 Å². The Morgan fingerprint density at radius 1 is 1.42 bits per heavy atom. The number of carbonyl (C=O) groups excluding carboxylic acids is 2. The predicted molar refractivity (Wildman–Crippen MR) is 72.6 cm³/mol. The first kappa shape index (κ1) is 13.0. The number of carbonyl (C=O) groups is 2. The Hall–Kier alpha value is -2.41. The molecule has 7 heteroatoms. The number of nitrogen functional groups attached to an aromatic ring is 1. The summed E-state index contributed by atoms with van der Waals surface area (Å²) in [4.78, 5) is 27.0. The second-order valence-corrected chi connectivity index (χ2v) is 4.68. The Kier molecular flexibility index (Phi) is 3.48. The third-order valence-electron chi connectivity index (χ3n) is 2.37. The van der Waals surface area contributed by atoms with Crippen LogP contribution in [0.3, 0.4) is 0 Å². The van der Waals surface area contributed by atoms with Gasteiger partial charge in [0.2, 0.25) is 0 Å². The molecule has 0 bridgehead atoms. The zero-order valence-electron chi connectivity index (χ0n) is 10.0. The number of hydrogen-bond acceptors (Lipinski definition) is 6. The molecule has 0 aliphatic rings. The van der Waals surface area contributed by atoms with Crippen molar-refractivity contribution >= 4 is 33.8 Å². The monoisotopic (exact) mass is 277 g/mol. The number of nitrogens with two attached hydrogens (primary N) is 1. The van der Waals surface area contributed by atoms with Crippen LogP contribution in [0.5, 0.6) is 5.75 Å². The number of aromatic nitrogens is 1. The van der Waals surface area contributed by atoms with Gasteiger partial charge in [-0.05, 0) is 18.2 Å². The van der Waals surface area contributed by atoms with Crippen molar-refractivity contribution in [3.63, 3.8) is 0 Å². The van der Waals surface area contributed by atoms with E-state index < -0.39 is 5.91 Å². The van der Waals surface area contributed by atoms with E-state index in [1.807, 2.05) is 0 Å². The van der Waals surface area contributed by atoms with Gasteiger partial charge in [-0.2, -0.15) is 0 Å². The Labute approximate surface area is 112 Å². The molecule has 1 amide bonds. The summed E-state index contributed by atoms with van der Waals surface area (Å²) >= 11 is 1.14. The summed E-state index contributed by atoms with van der Waals surface area (Å²) in [6.07, 6.45) is 0. The maximum atomic E-state index is 11.9. The molecule has 0 fully saturated rings. The molecule has 98 valence electrons. The van der Waals surface area contributed by atoms with Gasteiger partial charge in [0.05, 0.1) is 5.56 Å². The number of benzene rings is 1. The predicted octanol–water partition coefficient (Wildman–Crippen LogP) is 1.89. The Bertz CT molecular complexity index is 651. The number of nitrogens with one attached hydrogen (secondary N) is 1. The van der Waals surface area contributed by atoms with Crippen LogP contribution in [0.4, 0.5) is 10.8 Å². The summed E-state index contributed by atoms with van der Waals surface area (Å²) in [5, 5.41) is 13.7. The molecule has 0 unspecified atom stereocenters. The number of rotatable bonds is 3. The van der Waals surface area contributed by atoms with Crippen molar-refractivity contribution in [3.05, 3.63) is 34.8 Å². The standard InChI is InChI=1S/C12H11N3O3S/c1-6(16)10-5-19-12(14-10)15-11(18)8-4-7(17)2-3-9(8)13/h2-5,17H,13H2,1H3,(H,14,15,18). The number of Topliss-reactive ketones (excluding diaryl/α,β-unsaturated/α-hetero) is 1. The second-order valence-electron chi connectivity index (χ2n) is 3.82. The van der Waals surface area contributed by atoms with Gasteiger partial charge in [0.25, 0.3) is 5.91 Å². The molecular weight excluding hydrogens is 266 g/mol. The largest absolute Gasteiger partial charge is 0.508 e. The highest BCUT2D eigenvalue weighted by Crippen LogP contribution is 2.21. The summed E-state index contributed by atoms with van der Waals surface area (Å²) in [6.45, 7) is 1.40. The zero-order chi connectivity index (χ0) is 14.0. The number of thiazole rings is 1. The summed E-state index contributed by atoms with van der Waals surface area (Å²) in [5.74, 6) is -0.714. The van der Waals surface area contributed by atoms with Gasteiger partial charge < -0.3 is 10.8 Å². The zero-order valence-corrected chi connectivity index (χ0v) is 10.8. The molecule has 0 spiro atoms. The van der Waals surface area contributed by atoms with Gasteiger partial charge in [0, 0.05) is 18.0 Å². The average molecular weight is 277 g/mol. The van der Waals surface area contributed by atoms with Gasteiger partial charge in [-0.15, -0.1) is 11.3 Å². The lowest BCUT2D eigenvalue weighted by Crippen LogP contribution is -2.14. The number of phenols is 1. The van der Waals surface area contributed by atoms with E-state index in [2.05, 4.69) is 10.3 Å². The Morgan fingerprint density at radius 3 is 2.79 bits per heavy atom. The Balaban J connectivity index is 2.20. The first-order valence-corrected chi connectivity index (χ1v) is 6.21. The van der Waals surface area contributed by atoms with Gasteiger partial charge in [0.15, 0.2) is 10.9 Å². The van der Waals surface area contributed by atoms with Crippen molar-refractivity contribution in [1.29, 1.82) is 0 Å². The molecular formula is C12H11N3O3S. The van der Waals surface area contributed by atoms with E-state index >= 15 is 0 Å². The van der Waals surface area contributed by atoms with E-state index in [0.29, 0.717) is 10.8 Å². The smallest absolute Gasteiger partial charge is 0.259 e. The van der Waals surface area contributed by atoms with Gasteiger partial charge in [-0.1, -0.05) is 0 Å². The van der Waals surface area contributed by atoms with Gasteiger partial charge in [-0.3, -0.25) is 14.9 Å². The van der Waals surface area contributed by atoms with E-state index in [9.17, 15) is 14.7 Å². The lowest BCUT2D eigenvalue weighted by molar-refractivity contribution is 0.100. The number of ketones is 1. The minimum atomic E-state index is -0.488. The minimum Gasteiger partial charge on any atom is -0.508 e. The molecule has 1 aromatic carbocycles. The molecule has 0 atom stereocenters. The van der Waals surface area contributed by atoms with E-state index in [-0.39, 0.29) is 22.8 Å². The minimum absolute atomic E-state index is 0.0529. The van der Waals surface area contributed by atoms with Crippen LogP contribution in [-0.2, 0) is 0 Å². The van der Waals surface area contributed by atoms with Gasteiger partial charge in [-0.25, -0.2) is 4.98 Å². The number of nitrogens with zero attached hydrogens (tertiary/aromatic N) is 1. The van der Waals surface area contributed by atoms with E-state index in [1.54, 1.807) is 5.38 Å². The van der Waals surface area contributed by atoms with Crippen LogP contribution >= 0.6 is 11.3 Å². The highest BCUT2D eigenvalue weighted by Gasteiger charge is 2.13. The molecule has 6 nitrogen and oxygen atoms in total. The topological polar surface area (TPSA) is 105 Å². The maximum absolute atomic E-state index is 11.9. The van der Waals surface area contributed by atoms with E-state index in [4.69, 9.17) is 5.73 Å². The van der Waals surface area contributed by atoms with E-state index in [0.717, 1.165) is 11.3 Å². The number of anilines is 2. The molecule has 19 heavy (non-hydrogen) atoms. The van der Waals surface area contributed by atoms with Crippen LogP contribution in [0.1, 0.15) is 27.8 Å². The maximum Gasteiger partial charge on any atom is 0.259 e. The van der Waals surface area contributed by atoms with Crippen molar-refractivity contribution in [1.82, 2.24) is 4.98 Å². The summed E-state index contributed by atoms with van der Waals surface area (Å²) in [7, 11) is 0. The van der Waals surface area contributed by atoms with Crippen molar-refractivity contribution in [2.24, 2.45) is 0 Å². The Morgan fingerprint density at radius 2 is 2.16 bits per heavy atom. The number of phenolic OH excluding ortho intramolecular Hbond substituents is 1. The van der Waals surface area contributed by atoms with Crippen molar-refractivity contribution in [3.8, 4) is 5.75 Å². The molecule has 1 aromatic heterocycles. The fraction of sp³-hybridized carbons (Fsp3) is 0.0833. The lowest BCUT2D eigenvalue weighted by atomic mass is 10.1. The van der Waals surface area contributed by atoms with Crippen LogP contribution in [0.2, 0.25) is 0 Å². The summed E-state index contributed by atoms with van der Waals surface area (Å²) in [6, 6.07) is 4.10. The molecule has 0 aliphatic heterocycles. The van der Waals surface area contributed by atoms with Gasteiger partial charge in [0.1, 0.15) is 11.4 Å². The number of amides is 1. The van der Waals surface area contributed by atoms with Gasteiger partial charge >= 0.3 is 0 Å². The first-order chi connectivity index (χ1) is 8.97. The third-order valence-corrected chi connectivity index (χ3v) is 3.12. The summed E-state index contributed by atoms with van der Waals surface area (Å²) in [5.41, 5.74) is 6.35. The van der Waals surface area contributed by atoms with Crippen LogP contribution in [0, 0.1) is 0 Å². The quantitative estimate of drug-likeness (QED) is 0.451. The molecule has 4 N–H and O–H groups in total. The molecule has 0 aliphatic carbocycles. The number of aromatic hydroxyl groups is 1. The van der Waals surface area contributed by atoms with Crippen LogP contribution in [0.15, 0.2) is 23.6 Å². The number of hydrogen-bond donors (Lipinski definition) is 3. The molecule has 0 saturated carbocycles. The first-order valence-electron chi connectivity index (χ1n) is 5.33. The fourth-order valence-corrected chi connectivity index (χ4v) is 2.14. The molecule has 0 radical (unpaired) electrons. The fourth-order valence-electron chi connectivity index (χ4n) is 1.40. The molecule has 1 heterocycles. The second kappa shape index (κ2) is 5.07. The molecule has 0 saturated heterocycles. The SMILES string of the molecule is CC(=O)c1csc(NC(=O)c2cc(O)ccc2N)n1. The summed E-state index contributed by atoms with van der Waals surface area (Å²) < 4.78 is 0. The molecule has 2 rings (SSSR count). The highest BCUT2D eigenvalue weighted by molar-refractivity contribution is 7.14. The normalized spacial score (nSPS) is 10.2. The molecule has 2 aromatic rings. The van der Waals surface area contributed by atoms with Crippen LogP contribution < -0.4 is 11.1 Å².